The van der Waals surface area contributed by atoms with Crippen molar-refractivity contribution >= 4 is 28.6 Å². The highest BCUT2D eigenvalue weighted by atomic mass is 35.5. The minimum atomic E-state index is -0.253. The number of carbonyl (C=O) groups is 1. The fraction of sp³-hybridized carbons (Fsp3) is 0.400. The van der Waals surface area contributed by atoms with Crippen LogP contribution in [0.1, 0.15) is 6.42 Å². The minimum Gasteiger partial charge on any atom is -0.497 e. The number of hydrogen-bond donors (Lipinski definition) is 1. The van der Waals surface area contributed by atoms with Gasteiger partial charge in [-0.05, 0) is 12.1 Å². The van der Waals surface area contributed by atoms with Crippen molar-refractivity contribution < 1.29 is 24.3 Å². The van der Waals surface area contributed by atoms with E-state index in [9.17, 15) is 4.79 Å². The Bertz CT molecular complexity index is 740. The molecule has 8 heteroatoms. The number of benzene rings is 1. The summed E-state index contributed by atoms with van der Waals surface area (Å²) in [5.41, 5.74) is 1.30. The van der Waals surface area contributed by atoms with Crippen molar-refractivity contribution in [2.45, 2.75) is 18.6 Å². The van der Waals surface area contributed by atoms with E-state index in [1.54, 1.807) is 25.3 Å². The van der Waals surface area contributed by atoms with E-state index in [0.717, 1.165) is 0 Å². The molecule has 2 N–H and O–H groups in total. The van der Waals surface area contributed by atoms with Gasteiger partial charge in [0.15, 0.2) is 17.3 Å². The lowest BCUT2D eigenvalue weighted by Gasteiger charge is -2.11. The Morgan fingerprint density at radius 3 is 2.87 bits per heavy atom. The maximum atomic E-state index is 11.5. The van der Waals surface area contributed by atoms with Crippen molar-refractivity contribution in [2.75, 3.05) is 20.8 Å². The molecule has 2 aromatic rings. The maximum Gasteiger partial charge on any atom is 0.364 e. The zero-order valence-electron chi connectivity index (χ0n) is 12.8. The lowest BCUT2D eigenvalue weighted by atomic mass is 10.2. The van der Waals surface area contributed by atoms with E-state index in [1.165, 1.54) is 7.11 Å². The van der Waals surface area contributed by atoms with Gasteiger partial charge in [0.05, 0.1) is 31.7 Å². The van der Waals surface area contributed by atoms with Gasteiger partial charge in [0.2, 0.25) is 0 Å². The molecule has 1 aromatic carbocycles. The summed E-state index contributed by atoms with van der Waals surface area (Å²) in [6, 6.07) is 5.09. The monoisotopic (exact) mass is 338 g/mol. The molecule has 0 radical (unpaired) electrons. The normalized spacial score (nSPS) is 20.5. The van der Waals surface area contributed by atoms with Crippen LogP contribution in [0.15, 0.2) is 18.2 Å². The van der Waals surface area contributed by atoms with Gasteiger partial charge < -0.3 is 19.5 Å². The third-order valence-electron chi connectivity index (χ3n) is 3.78. The molecule has 1 saturated heterocycles. The molecule has 0 amide bonds. The van der Waals surface area contributed by atoms with Gasteiger partial charge in [-0.3, -0.25) is 0 Å². The van der Waals surface area contributed by atoms with Gasteiger partial charge in [0.1, 0.15) is 12.3 Å². The molecule has 0 spiro atoms. The van der Waals surface area contributed by atoms with Gasteiger partial charge in [0, 0.05) is 6.07 Å². The van der Waals surface area contributed by atoms with Gasteiger partial charge in [0.25, 0.3) is 5.88 Å². The standard InChI is InChI=1S/C15H16ClN3O4/c1-21-8-3-4-10-11(5-8)19-14(13(16)18-10)23-9-6-12(17-7-9)15(20)22-2/h3-5,9,12,17H,6-7H2,1-2H3/p+1/t9-,12+/m1/s1. The summed E-state index contributed by atoms with van der Waals surface area (Å²) in [6.45, 7) is 0.633. The number of esters is 1. The quantitative estimate of drug-likeness (QED) is 0.819. The summed E-state index contributed by atoms with van der Waals surface area (Å²) >= 11 is 6.15. The van der Waals surface area contributed by atoms with Crippen molar-refractivity contribution in [1.82, 2.24) is 9.97 Å². The van der Waals surface area contributed by atoms with E-state index < -0.39 is 0 Å². The van der Waals surface area contributed by atoms with E-state index in [1.807, 2.05) is 5.32 Å². The predicted octanol–water partition coefficient (Wildman–Crippen LogP) is 0.548. The van der Waals surface area contributed by atoms with Crippen molar-refractivity contribution in [3.05, 3.63) is 23.4 Å². The van der Waals surface area contributed by atoms with Gasteiger partial charge in [-0.1, -0.05) is 11.6 Å². The van der Waals surface area contributed by atoms with Crippen LogP contribution in [0.5, 0.6) is 11.6 Å². The first kappa shape index (κ1) is 15.8. The van der Waals surface area contributed by atoms with Crippen molar-refractivity contribution in [2.24, 2.45) is 0 Å². The molecule has 1 aliphatic heterocycles. The molecule has 7 nitrogen and oxygen atoms in total. The second kappa shape index (κ2) is 6.55. The summed E-state index contributed by atoms with van der Waals surface area (Å²) in [4.78, 5) is 20.2. The first-order valence-corrected chi connectivity index (χ1v) is 7.57. The molecule has 23 heavy (non-hydrogen) atoms. The van der Waals surface area contributed by atoms with Crippen molar-refractivity contribution in [3.8, 4) is 11.6 Å². The number of ether oxygens (including phenoxy) is 3. The van der Waals surface area contributed by atoms with Gasteiger partial charge in [-0.25, -0.2) is 14.8 Å². The Morgan fingerprint density at radius 1 is 1.30 bits per heavy atom. The zero-order chi connectivity index (χ0) is 16.4. The molecule has 0 unspecified atom stereocenters. The highest BCUT2D eigenvalue weighted by Gasteiger charge is 2.36. The average molecular weight is 339 g/mol. The molecule has 2 heterocycles. The van der Waals surface area contributed by atoms with Crippen LogP contribution in [0.4, 0.5) is 0 Å². The topological polar surface area (TPSA) is 87.2 Å². The summed E-state index contributed by atoms with van der Waals surface area (Å²) in [7, 11) is 2.96. The molecule has 122 valence electrons. The molecule has 0 bridgehead atoms. The van der Waals surface area contributed by atoms with E-state index in [0.29, 0.717) is 29.7 Å². The Morgan fingerprint density at radius 2 is 2.13 bits per heavy atom. The van der Waals surface area contributed by atoms with Crippen LogP contribution < -0.4 is 14.8 Å². The van der Waals surface area contributed by atoms with E-state index in [2.05, 4.69) is 9.97 Å². The molecule has 0 aliphatic carbocycles. The number of fused-ring (bicyclic) bond motifs is 1. The summed E-state index contributed by atoms with van der Waals surface area (Å²) in [5.74, 6) is 0.688. The Labute approximate surface area is 137 Å². The lowest BCUT2D eigenvalue weighted by Crippen LogP contribution is -2.89. The fourth-order valence-corrected chi connectivity index (χ4v) is 2.77. The highest BCUT2D eigenvalue weighted by molar-refractivity contribution is 6.31. The number of hydrogen-bond acceptors (Lipinski definition) is 6. The molecule has 1 aliphatic rings. The number of carbonyl (C=O) groups excluding carboxylic acids is 1. The molecule has 3 rings (SSSR count). The van der Waals surface area contributed by atoms with Crippen LogP contribution in [0.2, 0.25) is 5.15 Å². The molecular weight excluding hydrogens is 322 g/mol. The molecule has 1 aromatic heterocycles. The van der Waals surface area contributed by atoms with Crippen LogP contribution in [0, 0.1) is 0 Å². The highest BCUT2D eigenvalue weighted by Crippen LogP contribution is 2.27. The summed E-state index contributed by atoms with van der Waals surface area (Å²) in [5, 5.41) is 2.09. The first-order chi connectivity index (χ1) is 11.1. The number of rotatable bonds is 4. The first-order valence-electron chi connectivity index (χ1n) is 7.20. The van der Waals surface area contributed by atoms with Crippen LogP contribution in [0.3, 0.4) is 0 Å². The number of halogens is 1. The Hall–Kier alpha value is -2.12. The van der Waals surface area contributed by atoms with Crippen LogP contribution in [0.25, 0.3) is 11.0 Å². The maximum absolute atomic E-state index is 11.5. The molecule has 2 atom stereocenters. The van der Waals surface area contributed by atoms with Crippen LogP contribution >= 0.6 is 11.6 Å². The predicted molar refractivity (Wildman–Crippen MR) is 82.7 cm³/mol. The zero-order valence-corrected chi connectivity index (χ0v) is 13.5. The Kier molecular flexibility index (Phi) is 4.49. The smallest absolute Gasteiger partial charge is 0.364 e. The molecule has 1 fully saturated rings. The fourth-order valence-electron chi connectivity index (χ4n) is 2.59. The lowest BCUT2D eigenvalue weighted by molar-refractivity contribution is -0.660. The number of nitrogens with two attached hydrogens (primary N) is 1. The third kappa shape index (κ3) is 3.30. The third-order valence-corrected chi connectivity index (χ3v) is 4.03. The van der Waals surface area contributed by atoms with Gasteiger partial charge in [-0.15, -0.1) is 0 Å². The number of aromatic nitrogens is 2. The second-order valence-corrected chi connectivity index (χ2v) is 5.61. The van der Waals surface area contributed by atoms with Crippen LogP contribution in [-0.4, -0.2) is 48.8 Å². The molecular formula is C15H17ClN3O4+. The summed E-state index contributed by atoms with van der Waals surface area (Å²) in [6.07, 6.45) is 0.370. The Balaban J connectivity index is 1.80. The number of methoxy groups -OCH3 is 2. The van der Waals surface area contributed by atoms with Gasteiger partial charge >= 0.3 is 5.97 Å². The van der Waals surface area contributed by atoms with Gasteiger partial charge in [-0.2, -0.15) is 0 Å². The SMILES string of the molecule is COC(=O)[C@@H]1C[C@@H](Oc2nc3cc(OC)ccc3nc2Cl)C[NH2+]1. The van der Waals surface area contributed by atoms with E-state index in [-0.39, 0.29) is 29.1 Å². The minimum absolute atomic E-state index is 0.172. The molecule has 0 saturated carbocycles. The van der Waals surface area contributed by atoms with Crippen molar-refractivity contribution in [3.63, 3.8) is 0 Å². The van der Waals surface area contributed by atoms with Crippen molar-refractivity contribution in [1.29, 1.82) is 0 Å². The second-order valence-electron chi connectivity index (χ2n) is 5.25. The van der Waals surface area contributed by atoms with E-state index >= 15 is 0 Å². The largest absolute Gasteiger partial charge is 0.497 e. The average Bonchev–Trinajstić information content (AvgIpc) is 3.03. The van der Waals surface area contributed by atoms with Crippen LogP contribution in [-0.2, 0) is 9.53 Å². The number of quaternary nitrogens is 1. The summed E-state index contributed by atoms with van der Waals surface area (Å²) < 4.78 is 15.8. The van der Waals surface area contributed by atoms with E-state index in [4.69, 9.17) is 25.8 Å². The number of nitrogens with zero attached hydrogens (tertiary/aromatic N) is 2.